The number of para-hydroxylation sites is 1. The number of aryl methyl sites for hydroxylation is 1. The van der Waals surface area contributed by atoms with Crippen molar-refractivity contribution in [2.75, 3.05) is 21.6 Å². The summed E-state index contributed by atoms with van der Waals surface area (Å²) in [4.78, 5) is 12.4. The molecular formula is C21H24ClN5O3S2. The van der Waals surface area contributed by atoms with Gasteiger partial charge in [0.05, 0.1) is 24.2 Å². The lowest BCUT2D eigenvalue weighted by Crippen LogP contribution is -2.30. The van der Waals surface area contributed by atoms with Gasteiger partial charge < -0.3 is 9.88 Å². The molecule has 0 spiro atoms. The van der Waals surface area contributed by atoms with Gasteiger partial charge in [-0.1, -0.05) is 47.6 Å². The Labute approximate surface area is 197 Å². The van der Waals surface area contributed by atoms with Crippen LogP contribution in [0.2, 0.25) is 5.02 Å². The number of aromatic nitrogens is 3. The van der Waals surface area contributed by atoms with Crippen molar-refractivity contribution >= 4 is 50.7 Å². The van der Waals surface area contributed by atoms with E-state index in [-0.39, 0.29) is 18.2 Å². The summed E-state index contributed by atoms with van der Waals surface area (Å²) in [6.45, 7) is 4.38. The molecule has 2 aromatic carbocycles. The maximum Gasteiger partial charge on any atom is 0.234 e. The van der Waals surface area contributed by atoms with E-state index in [9.17, 15) is 13.2 Å². The number of sulfonamides is 1. The number of rotatable bonds is 9. The Morgan fingerprint density at radius 1 is 1.19 bits per heavy atom. The Bertz CT molecular complexity index is 1200. The van der Waals surface area contributed by atoms with Gasteiger partial charge in [0.25, 0.3) is 0 Å². The van der Waals surface area contributed by atoms with Crippen molar-refractivity contribution in [3.05, 3.63) is 64.9 Å². The number of nitrogens with one attached hydrogen (secondary N) is 1. The number of nitrogens with zero attached hydrogens (tertiary/aromatic N) is 4. The van der Waals surface area contributed by atoms with Crippen LogP contribution < -0.4 is 9.62 Å². The van der Waals surface area contributed by atoms with E-state index in [0.29, 0.717) is 33.9 Å². The number of thioether (sulfide) groups is 1. The lowest BCUT2D eigenvalue weighted by Gasteiger charge is -2.22. The average Bonchev–Trinajstić information content (AvgIpc) is 3.14. The summed E-state index contributed by atoms with van der Waals surface area (Å²) < 4.78 is 27.9. The quantitative estimate of drug-likeness (QED) is 0.453. The van der Waals surface area contributed by atoms with Crippen LogP contribution in [0.15, 0.2) is 53.7 Å². The first-order valence-corrected chi connectivity index (χ1v) is 13.0. The van der Waals surface area contributed by atoms with Gasteiger partial charge in [0, 0.05) is 17.3 Å². The van der Waals surface area contributed by atoms with E-state index in [1.54, 1.807) is 36.4 Å². The normalized spacial score (nSPS) is 11.4. The van der Waals surface area contributed by atoms with Crippen LogP contribution in [0.5, 0.6) is 0 Å². The highest BCUT2D eigenvalue weighted by molar-refractivity contribution is 7.99. The first kappa shape index (κ1) is 24.1. The minimum Gasteiger partial charge on any atom is -0.325 e. The second-order valence-corrected chi connectivity index (χ2v) is 10.3. The molecule has 1 heterocycles. The number of hydrogen-bond donors (Lipinski definition) is 1. The van der Waals surface area contributed by atoms with Gasteiger partial charge >= 0.3 is 0 Å². The van der Waals surface area contributed by atoms with Crippen molar-refractivity contribution in [3.63, 3.8) is 0 Å². The molecule has 0 atom stereocenters. The van der Waals surface area contributed by atoms with Gasteiger partial charge in [0.2, 0.25) is 15.9 Å². The van der Waals surface area contributed by atoms with E-state index in [1.807, 2.05) is 30.5 Å². The molecule has 0 unspecified atom stereocenters. The van der Waals surface area contributed by atoms with E-state index < -0.39 is 10.0 Å². The van der Waals surface area contributed by atoms with E-state index in [0.717, 1.165) is 11.8 Å². The maximum atomic E-state index is 12.4. The SMILES string of the molecule is CCn1c(CN(c2ccccc2)S(C)(=O)=O)nnc1SCC(=O)Nc1cc(Cl)ccc1C. The minimum atomic E-state index is -3.53. The van der Waals surface area contributed by atoms with E-state index in [4.69, 9.17) is 11.6 Å². The van der Waals surface area contributed by atoms with Crippen LogP contribution in [0, 0.1) is 6.92 Å². The van der Waals surface area contributed by atoms with Crippen LogP contribution in [0.4, 0.5) is 11.4 Å². The third-order valence-electron chi connectivity index (χ3n) is 4.65. The molecule has 0 saturated heterocycles. The molecule has 0 bridgehead atoms. The summed E-state index contributed by atoms with van der Waals surface area (Å²) in [5.41, 5.74) is 2.12. The van der Waals surface area contributed by atoms with Crippen LogP contribution in [0.25, 0.3) is 0 Å². The van der Waals surface area contributed by atoms with E-state index in [2.05, 4.69) is 15.5 Å². The van der Waals surface area contributed by atoms with Crippen molar-refractivity contribution in [2.24, 2.45) is 0 Å². The predicted octanol–water partition coefficient (Wildman–Crippen LogP) is 3.96. The molecule has 0 aliphatic carbocycles. The highest BCUT2D eigenvalue weighted by Crippen LogP contribution is 2.24. The molecule has 0 aliphatic heterocycles. The van der Waals surface area contributed by atoms with Gasteiger partial charge in [0.1, 0.15) is 0 Å². The molecule has 1 amide bonds. The molecule has 32 heavy (non-hydrogen) atoms. The number of halogens is 1. The monoisotopic (exact) mass is 493 g/mol. The third kappa shape index (κ3) is 6.02. The van der Waals surface area contributed by atoms with Gasteiger partial charge in [-0.25, -0.2) is 8.42 Å². The lowest BCUT2D eigenvalue weighted by molar-refractivity contribution is -0.113. The second-order valence-electron chi connectivity index (χ2n) is 7.04. The molecular weight excluding hydrogens is 470 g/mol. The Hall–Kier alpha value is -2.56. The van der Waals surface area contributed by atoms with Gasteiger partial charge in [-0.3, -0.25) is 9.10 Å². The second kappa shape index (κ2) is 10.4. The Morgan fingerprint density at radius 2 is 1.91 bits per heavy atom. The van der Waals surface area contributed by atoms with Gasteiger partial charge in [0.15, 0.2) is 11.0 Å². The Kier molecular flexibility index (Phi) is 7.81. The van der Waals surface area contributed by atoms with Crippen molar-refractivity contribution in [3.8, 4) is 0 Å². The highest BCUT2D eigenvalue weighted by atomic mass is 35.5. The van der Waals surface area contributed by atoms with Crippen molar-refractivity contribution < 1.29 is 13.2 Å². The molecule has 3 rings (SSSR count). The topological polar surface area (TPSA) is 97.2 Å². The fourth-order valence-corrected chi connectivity index (χ4v) is 4.88. The molecule has 1 aromatic heterocycles. The minimum absolute atomic E-state index is 0.0398. The van der Waals surface area contributed by atoms with Crippen molar-refractivity contribution in [1.29, 1.82) is 0 Å². The first-order chi connectivity index (χ1) is 15.2. The summed E-state index contributed by atoms with van der Waals surface area (Å²) in [7, 11) is -3.53. The fraction of sp³-hybridized carbons (Fsp3) is 0.286. The number of anilines is 2. The molecule has 0 radical (unpaired) electrons. The molecule has 1 N–H and O–H groups in total. The molecule has 0 saturated carbocycles. The fourth-order valence-electron chi connectivity index (χ4n) is 3.03. The Morgan fingerprint density at radius 3 is 2.56 bits per heavy atom. The maximum absolute atomic E-state index is 12.4. The molecule has 3 aromatic rings. The summed E-state index contributed by atoms with van der Waals surface area (Å²) in [6, 6.07) is 14.1. The van der Waals surface area contributed by atoms with E-state index in [1.165, 1.54) is 16.1 Å². The zero-order valence-corrected chi connectivity index (χ0v) is 20.3. The lowest BCUT2D eigenvalue weighted by atomic mass is 10.2. The molecule has 11 heteroatoms. The van der Waals surface area contributed by atoms with E-state index >= 15 is 0 Å². The highest BCUT2D eigenvalue weighted by Gasteiger charge is 2.22. The van der Waals surface area contributed by atoms with Crippen molar-refractivity contribution in [1.82, 2.24) is 14.8 Å². The molecule has 0 fully saturated rings. The van der Waals surface area contributed by atoms with Crippen LogP contribution >= 0.6 is 23.4 Å². The van der Waals surface area contributed by atoms with Gasteiger partial charge in [-0.2, -0.15) is 0 Å². The predicted molar refractivity (Wildman–Crippen MR) is 129 cm³/mol. The summed E-state index contributed by atoms with van der Waals surface area (Å²) >= 11 is 7.25. The number of hydrogen-bond acceptors (Lipinski definition) is 6. The van der Waals surface area contributed by atoms with Gasteiger partial charge in [-0.05, 0) is 43.7 Å². The number of carbonyl (C=O) groups excluding carboxylic acids is 1. The van der Waals surface area contributed by atoms with Crippen LogP contribution in [0.3, 0.4) is 0 Å². The zero-order valence-electron chi connectivity index (χ0n) is 17.9. The number of benzene rings is 2. The molecule has 170 valence electrons. The molecule has 0 aliphatic rings. The summed E-state index contributed by atoms with van der Waals surface area (Å²) in [6.07, 6.45) is 1.16. The number of amides is 1. The first-order valence-electron chi connectivity index (χ1n) is 9.82. The Balaban J connectivity index is 1.73. The van der Waals surface area contributed by atoms with Crippen LogP contribution in [-0.4, -0.2) is 41.1 Å². The molecule has 8 nitrogen and oxygen atoms in total. The zero-order chi connectivity index (χ0) is 23.3. The van der Waals surface area contributed by atoms with Crippen LogP contribution in [0.1, 0.15) is 18.3 Å². The van der Waals surface area contributed by atoms with Crippen LogP contribution in [-0.2, 0) is 27.9 Å². The van der Waals surface area contributed by atoms with Crippen molar-refractivity contribution in [2.45, 2.75) is 32.1 Å². The smallest absolute Gasteiger partial charge is 0.234 e. The standard InChI is InChI=1S/C21H24ClN5O3S2/c1-4-26-19(13-27(32(3,29)30)17-8-6-5-7-9-17)24-25-21(26)31-14-20(28)23-18-12-16(22)11-10-15(18)2/h5-12H,4,13-14H2,1-3H3,(H,23,28). The average molecular weight is 494 g/mol. The van der Waals surface area contributed by atoms with Gasteiger partial charge in [-0.15, -0.1) is 10.2 Å². The largest absolute Gasteiger partial charge is 0.325 e. The number of carbonyl (C=O) groups is 1. The summed E-state index contributed by atoms with van der Waals surface area (Å²) in [5, 5.41) is 12.3. The summed E-state index contributed by atoms with van der Waals surface area (Å²) in [5.74, 6) is 0.420. The third-order valence-corrected chi connectivity index (χ3v) is 6.99.